The van der Waals surface area contributed by atoms with E-state index in [2.05, 4.69) is 15.8 Å². The van der Waals surface area contributed by atoms with E-state index < -0.39 is 23.6 Å². The molecule has 0 radical (unpaired) electrons. The Morgan fingerprint density at radius 1 is 0.906 bits per heavy atom. The molecular weight excluding hydrogens is 437 g/mol. The number of halogens is 2. The molecule has 32 heavy (non-hydrogen) atoms. The maximum Gasteiger partial charge on any atom is 0.343 e. The van der Waals surface area contributed by atoms with Crippen molar-refractivity contribution in [3.8, 4) is 5.75 Å². The summed E-state index contributed by atoms with van der Waals surface area (Å²) in [7, 11) is 0. The Kier molecular flexibility index (Phi) is 7.30. The van der Waals surface area contributed by atoms with Gasteiger partial charge in [0.2, 0.25) is 0 Å². The molecule has 3 rings (SSSR count). The van der Waals surface area contributed by atoms with Crippen LogP contribution in [0.5, 0.6) is 5.75 Å². The van der Waals surface area contributed by atoms with E-state index in [1.807, 2.05) is 0 Å². The number of hydrogen-bond donors (Lipinski definition) is 2. The van der Waals surface area contributed by atoms with Crippen LogP contribution >= 0.6 is 11.6 Å². The molecule has 7 nitrogen and oxygen atoms in total. The molecule has 0 bridgehead atoms. The Balaban J connectivity index is 1.69. The summed E-state index contributed by atoms with van der Waals surface area (Å²) in [4.78, 5) is 36.4. The van der Waals surface area contributed by atoms with Crippen LogP contribution in [0.25, 0.3) is 0 Å². The number of carbonyl (C=O) groups excluding carboxylic acids is 3. The summed E-state index contributed by atoms with van der Waals surface area (Å²) in [5.41, 5.74) is 2.96. The third kappa shape index (κ3) is 5.77. The van der Waals surface area contributed by atoms with Crippen molar-refractivity contribution in [3.63, 3.8) is 0 Å². The summed E-state index contributed by atoms with van der Waals surface area (Å²) in [5.74, 6) is -3.25. The van der Waals surface area contributed by atoms with Gasteiger partial charge in [0.25, 0.3) is 0 Å². The minimum Gasteiger partial charge on any atom is -0.422 e. The molecule has 3 aromatic rings. The van der Waals surface area contributed by atoms with E-state index in [-0.39, 0.29) is 17.1 Å². The fourth-order valence-corrected chi connectivity index (χ4v) is 2.71. The first-order valence-corrected chi connectivity index (χ1v) is 9.70. The Hall–Kier alpha value is -4.04. The topological polar surface area (TPSA) is 96.9 Å². The first-order valence-electron chi connectivity index (χ1n) is 9.32. The molecule has 0 saturated carbocycles. The van der Waals surface area contributed by atoms with Crippen LogP contribution in [-0.4, -0.2) is 23.5 Å². The number of anilines is 1. The summed E-state index contributed by atoms with van der Waals surface area (Å²) in [5, 5.41) is 6.53. The van der Waals surface area contributed by atoms with E-state index in [0.29, 0.717) is 16.1 Å². The zero-order valence-electron chi connectivity index (χ0n) is 16.8. The molecular formula is C23H17ClFN3O4. The van der Waals surface area contributed by atoms with Crippen molar-refractivity contribution >= 4 is 40.8 Å². The molecule has 0 aliphatic rings. The van der Waals surface area contributed by atoms with Crippen LogP contribution in [0.2, 0.25) is 5.02 Å². The third-order valence-corrected chi connectivity index (χ3v) is 4.46. The molecule has 3 aromatic carbocycles. The second-order valence-corrected chi connectivity index (χ2v) is 6.90. The standard InChI is InChI=1S/C23H17ClFN3O4/c1-14(27-28-22(30)21(29)26-19-8-4-3-7-18(19)25)17-6-2-5-9-20(17)32-23(31)15-10-12-16(24)13-11-15/h2-13H,1H3,(H,26,29)(H,28,30)/b27-14+. The Bertz CT molecular complexity index is 1200. The van der Waals surface area contributed by atoms with Gasteiger partial charge in [-0.3, -0.25) is 9.59 Å². The van der Waals surface area contributed by atoms with E-state index in [1.54, 1.807) is 43.3 Å². The zero-order valence-corrected chi connectivity index (χ0v) is 17.5. The van der Waals surface area contributed by atoms with Gasteiger partial charge in [0.15, 0.2) is 0 Å². The molecule has 0 aromatic heterocycles. The SMILES string of the molecule is C/C(=N\NC(=O)C(=O)Nc1ccccc1F)c1ccccc1OC(=O)c1ccc(Cl)cc1. The van der Waals surface area contributed by atoms with Crippen molar-refractivity contribution in [2.45, 2.75) is 6.92 Å². The van der Waals surface area contributed by atoms with Crippen molar-refractivity contribution in [2.24, 2.45) is 5.10 Å². The molecule has 0 unspecified atom stereocenters. The van der Waals surface area contributed by atoms with E-state index in [4.69, 9.17) is 16.3 Å². The van der Waals surface area contributed by atoms with Gasteiger partial charge in [-0.2, -0.15) is 5.10 Å². The van der Waals surface area contributed by atoms with E-state index in [1.165, 1.54) is 30.3 Å². The number of esters is 1. The summed E-state index contributed by atoms with van der Waals surface area (Å²) >= 11 is 5.83. The molecule has 0 aliphatic carbocycles. The lowest BCUT2D eigenvalue weighted by Gasteiger charge is -2.10. The minimum absolute atomic E-state index is 0.132. The predicted molar refractivity (Wildman–Crippen MR) is 118 cm³/mol. The first-order chi connectivity index (χ1) is 15.3. The quantitative estimate of drug-likeness (QED) is 0.199. The number of amides is 2. The van der Waals surface area contributed by atoms with Crippen LogP contribution in [0.1, 0.15) is 22.8 Å². The number of nitrogens with zero attached hydrogens (tertiary/aromatic N) is 1. The summed E-state index contributed by atoms with van der Waals surface area (Å²) in [6.07, 6.45) is 0. The maximum atomic E-state index is 13.6. The number of nitrogens with one attached hydrogen (secondary N) is 2. The van der Waals surface area contributed by atoms with E-state index in [0.717, 1.165) is 6.07 Å². The second kappa shape index (κ2) is 10.3. The van der Waals surface area contributed by atoms with Crippen molar-refractivity contribution in [3.05, 3.63) is 94.8 Å². The van der Waals surface area contributed by atoms with Gasteiger partial charge in [-0.05, 0) is 55.5 Å². The lowest BCUT2D eigenvalue weighted by molar-refractivity contribution is -0.136. The van der Waals surface area contributed by atoms with Crippen molar-refractivity contribution in [2.75, 3.05) is 5.32 Å². The highest BCUT2D eigenvalue weighted by Gasteiger charge is 2.16. The number of benzene rings is 3. The highest BCUT2D eigenvalue weighted by Crippen LogP contribution is 2.21. The molecule has 2 N–H and O–H groups in total. The van der Waals surface area contributed by atoms with Gasteiger partial charge in [0.1, 0.15) is 11.6 Å². The van der Waals surface area contributed by atoms with Crippen LogP contribution < -0.4 is 15.5 Å². The molecule has 9 heteroatoms. The van der Waals surface area contributed by atoms with E-state index >= 15 is 0 Å². The average Bonchev–Trinajstić information content (AvgIpc) is 2.79. The van der Waals surface area contributed by atoms with E-state index in [9.17, 15) is 18.8 Å². The molecule has 162 valence electrons. The minimum atomic E-state index is -1.09. The number of rotatable bonds is 5. The van der Waals surface area contributed by atoms with Crippen LogP contribution in [0, 0.1) is 5.82 Å². The second-order valence-electron chi connectivity index (χ2n) is 6.46. The largest absolute Gasteiger partial charge is 0.422 e. The number of hydrogen-bond acceptors (Lipinski definition) is 5. The lowest BCUT2D eigenvalue weighted by Crippen LogP contribution is -2.33. The normalized spacial score (nSPS) is 10.9. The fourth-order valence-electron chi connectivity index (χ4n) is 2.59. The monoisotopic (exact) mass is 453 g/mol. The van der Waals surface area contributed by atoms with Crippen molar-refractivity contribution in [1.82, 2.24) is 5.43 Å². The average molecular weight is 454 g/mol. The van der Waals surface area contributed by atoms with Crippen LogP contribution in [0.15, 0.2) is 77.9 Å². The molecule has 0 heterocycles. The molecule has 0 aliphatic heterocycles. The van der Waals surface area contributed by atoms with Gasteiger partial charge < -0.3 is 10.1 Å². The number of carbonyl (C=O) groups is 3. The van der Waals surface area contributed by atoms with Crippen molar-refractivity contribution < 1.29 is 23.5 Å². The van der Waals surface area contributed by atoms with Gasteiger partial charge in [0, 0.05) is 10.6 Å². The summed E-state index contributed by atoms with van der Waals surface area (Å²) < 4.78 is 19.1. The number of ether oxygens (including phenoxy) is 1. The van der Waals surface area contributed by atoms with Crippen LogP contribution in [0.4, 0.5) is 10.1 Å². The highest BCUT2D eigenvalue weighted by molar-refractivity contribution is 6.39. The highest BCUT2D eigenvalue weighted by atomic mass is 35.5. The third-order valence-electron chi connectivity index (χ3n) is 4.21. The van der Waals surface area contributed by atoms with Gasteiger partial charge in [-0.25, -0.2) is 14.6 Å². The van der Waals surface area contributed by atoms with Crippen LogP contribution in [-0.2, 0) is 9.59 Å². The maximum absolute atomic E-state index is 13.6. The van der Waals surface area contributed by atoms with Crippen LogP contribution in [0.3, 0.4) is 0 Å². The Morgan fingerprint density at radius 2 is 1.56 bits per heavy atom. The van der Waals surface area contributed by atoms with Gasteiger partial charge in [0.05, 0.1) is 17.0 Å². The Morgan fingerprint density at radius 3 is 2.28 bits per heavy atom. The van der Waals surface area contributed by atoms with Gasteiger partial charge in [-0.1, -0.05) is 35.9 Å². The first kappa shape index (κ1) is 22.6. The zero-order chi connectivity index (χ0) is 23.1. The lowest BCUT2D eigenvalue weighted by atomic mass is 10.1. The molecule has 0 fully saturated rings. The molecule has 0 atom stereocenters. The van der Waals surface area contributed by atoms with Gasteiger partial charge in [-0.15, -0.1) is 0 Å². The molecule has 0 saturated heterocycles. The van der Waals surface area contributed by atoms with Gasteiger partial charge >= 0.3 is 17.8 Å². The number of hydrazone groups is 1. The Labute approximate surface area is 187 Å². The smallest absolute Gasteiger partial charge is 0.343 e. The number of para-hydroxylation sites is 2. The predicted octanol–water partition coefficient (Wildman–Crippen LogP) is 4.18. The summed E-state index contributed by atoms with van der Waals surface area (Å²) in [6, 6.07) is 18.2. The molecule has 0 spiro atoms. The molecule has 2 amide bonds. The fraction of sp³-hybridized carbons (Fsp3) is 0.0435. The van der Waals surface area contributed by atoms with Crippen molar-refractivity contribution in [1.29, 1.82) is 0 Å². The summed E-state index contributed by atoms with van der Waals surface area (Å²) in [6.45, 7) is 1.56.